The van der Waals surface area contributed by atoms with Crippen LogP contribution in [0.1, 0.15) is 155 Å². The zero-order valence-electron chi connectivity index (χ0n) is 69.6. The van der Waals surface area contributed by atoms with Crippen molar-refractivity contribution in [2.45, 2.75) is 176 Å². The van der Waals surface area contributed by atoms with Crippen LogP contribution >= 0.6 is 0 Å². The average Bonchev–Trinajstić information content (AvgIpc) is 1.63. The van der Waals surface area contributed by atoms with Crippen LogP contribution in [0.3, 0.4) is 0 Å². The van der Waals surface area contributed by atoms with Gasteiger partial charge in [0.1, 0.15) is 53.0 Å². The topological polar surface area (TPSA) is 325 Å². The van der Waals surface area contributed by atoms with Gasteiger partial charge in [-0.25, -0.2) is 54.8 Å². The standard InChI is InChI=1S/C24H25N3O3.2C23H24N6O2.C23H23N3O3/c1-14-8-9-22(25-12-14)29-21-11-17-10-20(21)27(13-17)24(28)19-7-5-4-6-18(19)23-15(2)26-30-16(23)3;1-13-5-6-17(20(26-13)21-24-7-4-8-25-21)22(30)29-12-16-10-18(29)19(11-16)31-23-27-14(2)9-15(3)28-23;1-13-7-17(21-24-5-4-6-25-21)20(26-11-13)22(30)29-12-16-9-18(29)19(10-16)31-23-27-14(2)8-15(3)28-23;1-14-7-8-22(24-12-14)28-21-11-16-10-20(21)26(13-16)23(27)18-6-4-3-5-17(18)19-9-15(2)29-25-19/h4-9,12,17,20-21H,10-11,13H2,1-3H3;4-9,16,18-19H,10-12H2,1-3H3;4-8,11,16,18-19H,9-10,12H2,1-3H3;3-9,12,16,20-21H,10-11,13H2,1-2H3. The number of ether oxygens (including phenoxy) is 4. The number of hydrogen-bond acceptors (Lipinski definition) is 24. The Morgan fingerprint density at radius 2 is 0.802 bits per heavy atom. The molecule has 14 heterocycles. The lowest BCUT2D eigenvalue weighted by Gasteiger charge is -2.33. The summed E-state index contributed by atoms with van der Waals surface area (Å²) in [6.45, 7) is 24.2. The maximum Gasteiger partial charge on any atom is 0.317 e. The van der Waals surface area contributed by atoms with E-state index in [0.717, 1.165) is 150 Å². The van der Waals surface area contributed by atoms with Crippen molar-refractivity contribution in [3.05, 3.63) is 249 Å². The van der Waals surface area contributed by atoms with E-state index in [2.05, 4.69) is 70.1 Å². The van der Waals surface area contributed by atoms with Gasteiger partial charge >= 0.3 is 12.0 Å². The van der Waals surface area contributed by atoms with E-state index < -0.39 is 0 Å². The predicted octanol–water partition coefficient (Wildman–Crippen LogP) is 14.3. The van der Waals surface area contributed by atoms with Gasteiger partial charge in [0.25, 0.3) is 23.6 Å². The van der Waals surface area contributed by atoms with Crippen molar-refractivity contribution in [2.75, 3.05) is 26.2 Å². The number of nitrogens with zero attached hydrogens (tertiary/aromatic N) is 18. The number of rotatable bonds is 16. The van der Waals surface area contributed by atoms with Crippen molar-refractivity contribution in [3.63, 3.8) is 0 Å². The minimum Gasteiger partial charge on any atom is -0.472 e. The molecule has 12 aromatic rings. The van der Waals surface area contributed by atoms with E-state index >= 15 is 0 Å². The molecule has 12 unspecified atom stereocenters. The van der Waals surface area contributed by atoms with E-state index in [4.69, 9.17) is 28.0 Å². The van der Waals surface area contributed by atoms with Gasteiger partial charge in [-0.1, -0.05) is 58.8 Å². The fraction of sp³-hybridized carbons (Fsp3) is 0.376. The van der Waals surface area contributed by atoms with Crippen molar-refractivity contribution in [2.24, 2.45) is 23.7 Å². The van der Waals surface area contributed by atoms with Gasteiger partial charge in [-0.3, -0.25) is 24.2 Å². The molecule has 0 N–H and O–H groups in total. The third-order valence-electron chi connectivity index (χ3n) is 24.1. The van der Waals surface area contributed by atoms with Gasteiger partial charge in [0, 0.05) is 138 Å². The predicted molar refractivity (Wildman–Crippen MR) is 447 cm³/mol. The zero-order chi connectivity index (χ0) is 83.9. The summed E-state index contributed by atoms with van der Waals surface area (Å²) in [5, 5.41) is 8.17. The quantitative estimate of drug-likeness (QED) is 0.0867. The number of likely N-dealkylation sites (tertiary alicyclic amines) is 4. The van der Waals surface area contributed by atoms with E-state index in [1.807, 2.05) is 217 Å². The van der Waals surface area contributed by atoms with Crippen LogP contribution in [0.4, 0.5) is 0 Å². The minimum atomic E-state index is -0.120. The molecule has 12 atom stereocenters. The van der Waals surface area contributed by atoms with E-state index in [0.29, 0.717) is 105 Å². The van der Waals surface area contributed by atoms with Crippen molar-refractivity contribution in [1.29, 1.82) is 0 Å². The Labute approximate surface area is 701 Å². The summed E-state index contributed by atoms with van der Waals surface area (Å²) in [7, 11) is 0. The van der Waals surface area contributed by atoms with Gasteiger partial charge < -0.3 is 47.6 Å². The second-order valence-corrected chi connectivity index (χ2v) is 33.3. The number of pyridine rings is 4. The summed E-state index contributed by atoms with van der Waals surface area (Å²) in [5.41, 5.74) is 14.9. The molecule has 8 fully saturated rings. The molecule has 121 heavy (non-hydrogen) atoms. The lowest BCUT2D eigenvalue weighted by Crippen LogP contribution is -2.47. The van der Waals surface area contributed by atoms with Crippen LogP contribution in [0.15, 0.2) is 174 Å². The van der Waals surface area contributed by atoms with Crippen LogP contribution in [0.2, 0.25) is 0 Å². The first-order valence-electron chi connectivity index (χ1n) is 41.5. The lowest BCUT2D eigenvalue weighted by molar-refractivity contribution is 0.0446. The molecule has 0 spiro atoms. The number of carbonyl (C=O) groups is 4. The number of aryl methyl sites for hydroxylation is 11. The molecule has 8 bridgehead atoms. The molecule has 8 aliphatic rings. The van der Waals surface area contributed by atoms with Crippen LogP contribution in [-0.4, -0.2) is 188 Å². The maximum absolute atomic E-state index is 13.6. The number of fused-ring (bicyclic) bond motifs is 8. The molecule has 0 radical (unpaired) electrons. The molecule has 28 nitrogen and oxygen atoms in total. The van der Waals surface area contributed by atoms with Crippen molar-refractivity contribution >= 4 is 23.6 Å². The molecule has 10 aromatic heterocycles. The molecule has 20 rings (SSSR count). The monoisotopic (exact) mass is 1620 g/mol. The Bertz CT molecular complexity index is 5580. The number of hydrogen-bond donors (Lipinski definition) is 0. The lowest BCUT2D eigenvalue weighted by atomic mass is 9.96. The molecule has 4 saturated carbocycles. The first kappa shape index (κ1) is 80.3. The van der Waals surface area contributed by atoms with E-state index in [1.54, 1.807) is 43.1 Å². The third-order valence-corrected chi connectivity index (χ3v) is 24.1. The Kier molecular flexibility index (Phi) is 22.8. The van der Waals surface area contributed by atoms with Gasteiger partial charge in [0.05, 0.1) is 41.0 Å². The molecule has 618 valence electrons. The fourth-order valence-electron chi connectivity index (χ4n) is 18.8. The highest BCUT2D eigenvalue weighted by molar-refractivity contribution is 6.03. The summed E-state index contributed by atoms with van der Waals surface area (Å²) >= 11 is 0. The molecular weight excluding hydrogens is 1530 g/mol. The smallest absolute Gasteiger partial charge is 0.317 e. The number of amides is 4. The summed E-state index contributed by atoms with van der Waals surface area (Å²) in [6.07, 6.45) is 19.3. The summed E-state index contributed by atoms with van der Waals surface area (Å²) in [6, 6.07) is 38.8. The third kappa shape index (κ3) is 17.3. The highest BCUT2D eigenvalue weighted by atomic mass is 16.5. The number of benzene rings is 2. The van der Waals surface area contributed by atoms with Crippen LogP contribution in [0, 0.1) is 99.8 Å². The highest BCUT2D eigenvalue weighted by Crippen LogP contribution is 2.46. The van der Waals surface area contributed by atoms with E-state index in [-0.39, 0.29) is 72.2 Å². The van der Waals surface area contributed by atoms with Gasteiger partial charge in [-0.15, -0.1) is 0 Å². The first-order valence-corrected chi connectivity index (χ1v) is 41.5. The summed E-state index contributed by atoms with van der Waals surface area (Å²) in [5.74, 6) is 5.33. The first-order chi connectivity index (χ1) is 58.5. The van der Waals surface area contributed by atoms with Crippen LogP contribution in [-0.2, 0) is 0 Å². The van der Waals surface area contributed by atoms with E-state index in [9.17, 15) is 19.2 Å². The zero-order valence-corrected chi connectivity index (χ0v) is 69.6. The van der Waals surface area contributed by atoms with Crippen molar-refractivity contribution in [1.82, 2.24) is 89.7 Å². The minimum absolute atomic E-state index is 0.00670. The maximum atomic E-state index is 13.6. The average molecular weight is 1630 g/mol. The van der Waals surface area contributed by atoms with Gasteiger partial charge in [-0.05, 0) is 228 Å². The van der Waals surface area contributed by atoms with Crippen LogP contribution < -0.4 is 18.9 Å². The van der Waals surface area contributed by atoms with Gasteiger partial charge in [0.2, 0.25) is 11.8 Å². The molecular formula is C93H96N18O10. The number of piperidine rings is 4. The summed E-state index contributed by atoms with van der Waals surface area (Å²) in [4.78, 5) is 115. The second kappa shape index (κ2) is 34.3. The van der Waals surface area contributed by atoms with Gasteiger partial charge in [-0.2, -0.15) is 0 Å². The normalized spacial score (nSPS) is 22.3. The molecule has 28 heteroatoms. The Balaban J connectivity index is 0.000000115. The molecule has 4 aliphatic carbocycles. The Hall–Kier alpha value is -13.1. The molecule has 4 saturated heterocycles. The Morgan fingerprint density at radius 3 is 1.25 bits per heavy atom. The van der Waals surface area contributed by atoms with Crippen molar-refractivity contribution < 1.29 is 47.2 Å². The van der Waals surface area contributed by atoms with Crippen LogP contribution in [0.25, 0.3) is 45.3 Å². The van der Waals surface area contributed by atoms with E-state index in [1.165, 1.54) is 0 Å². The SMILES string of the molecule is Cc1cc(C)nc(OC2CC3CC2N(C(=O)c2ccc(C)nc2-c2ncccn2)C3)n1.Cc1ccc(OC2CC3CC2N(C(=O)c2ccccc2-c2c(C)noc2C)C3)nc1.Cc1ccc(OC2CC3CC2N(C(=O)c2ccccc2-c2cc(C)on2)C3)nc1.Cc1cnc(C(=O)N2CC3CC(Oc4nc(C)cc(C)n4)C2C3)c(-c2ncccn2)c1. The Morgan fingerprint density at radius 1 is 0.364 bits per heavy atom. The molecule has 4 aliphatic heterocycles. The fourth-order valence-corrected chi connectivity index (χ4v) is 18.8. The number of carbonyl (C=O) groups excluding carboxylic acids is 4. The van der Waals surface area contributed by atoms with Gasteiger partial charge in [0.15, 0.2) is 11.6 Å². The largest absolute Gasteiger partial charge is 0.472 e. The highest BCUT2D eigenvalue weighted by Gasteiger charge is 2.53. The molecule has 2 aromatic carbocycles. The van der Waals surface area contributed by atoms with Crippen molar-refractivity contribution in [3.8, 4) is 69.1 Å². The number of aromatic nitrogens is 14. The van der Waals surface area contributed by atoms with Crippen LogP contribution in [0.5, 0.6) is 23.8 Å². The summed E-state index contributed by atoms with van der Waals surface area (Å²) < 4.78 is 35.2. The second-order valence-electron chi connectivity index (χ2n) is 33.3. The molecule has 4 amide bonds.